The maximum absolute atomic E-state index is 12.6. The largest absolute Gasteiger partial charge is 0.369 e. The quantitative estimate of drug-likeness (QED) is 0.802. The highest BCUT2D eigenvalue weighted by Crippen LogP contribution is 2.60. The van der Waals surface area contributed by atoms with Crippen LogP contribution in [0.15, 0.2) is 11.6 Å². The van der Waals surface area contributed by atoms with E-state index in [2.05, 4.69) is 33.8 Å². The zero-order chi connectivity index (χ0) is 15.1. The molecule has 2 aliphatic rings. The van der Waals surface area contributed by atoms with Gasteiger partial charge in [0.05, 0.1) is 5.92 Å². The predicted molar refractivity (Wildman–Crippen MR) is 78.7 cm³/mol. The van der Waals surface area contributed by atoms with Gasteiger partial charge in [0, 0.05) is 19.0 Å². The number of nitrogens with zero attached hydrogens (tertiary/aromatic N) is 1. The highest BCUT2D eigenvalue weighted by atomic mass is 16.2. The predicted octanol–water partition coefficient (Wildman–Crippen LogP) is 1.95. The highest BCUT2D eigenvalue weighted by molar-refractivity contribution is 5.84. The van der Waals surface area contributed by atoms with E-state index in [0.29, 0.717) is 31.8 Å². The molecular formula is C16H26N2O2. The highest BCUT2D eigenvalue weighted by Gasteiger charge is 2.61. The van der Waals surface area contributed by atoms with Crippen LogP contribution >= 0.6 is 0 Å². The van der Waals surface area contributed by atoms with Gasteiger partial charge in [0.15, 0.2) is 0 Å². The summed E-state index contributed by atoms with van der Waals surface area (Å²) < 4.78 is 0. The summed E-state index contributed by atoms with van der Waals surface area (Å²) in [6, 6.07) is 0. The molecule has 112 valence electrons. The van der Waals surface area contributed by atoms with Gasteiger partial charge >= 0.3 is 0 Å². The van der Waals surface area contributed by atoms with Gasteiger partial charge in [0.25, 0.3) is 0 Å². The molecule has 1 heterocycles. The molecule has 0 aromatic heterocycles. The van der Waals surface area contributed by atoms with Crippen LogP contribution in [-0.2, 0) is 9.59 Å². The van der Waals surface area contributed by atoms with Crippen LogP contribution in [0.4, 0.5) is 0 Å². The number of carbonyl (C=O) groups excluding carboxylic acids is 2. The fourth-order valence-corrected chi connectivity index (χ4v) is 3.40. The van der Waals surface area contributed by atoms with E-state index in [1.54, 1.807) is 0 Å². The molecule has 0 aromatic carbocycles. The molecule has 0 aromatic rings. The number of rotatable bonds is 3. The van der Waals surface area contributed by atoms with Gasteiger partial charge in [-0.05, 0) is 38.0 Å². The average Bonchev–Trinajstić information content (AvgIpc) is 2.89. The summed E-state index contributed by atoms with van der Waals surface area (Å²) in [5, 5.41) is 0. The van der Waals surface area contributed by atoms with Crippen molar-refractivity contribution in [2.24, 2.45) is 28.9 Å². The molecule has 4 nitrogen and oxygen atoms in total. The summed E-state index contributed by atoms with van der Waals surface area (Å²) in [6.45, 7) is 9.81. The Kier molecular flexibility index (Phi) is 3.94. The molecule has 2 fully saturated rings. The summed E-state index contributed by atoms with van der Waals surface area (Å²) in [5.41, 5.74) is 6.66. The number of allylic oxidation sites excluding steroid dienone is 2. The van der Waals surface area contributed by atoms with Gasteiger partial charge in [0.1, 0.15) is 0 Å². The third kappa shape index (κ3) is 2.74. The number of likely N-dealkylation sites (tertiary alicyclic amines) is 1. The number of hydrogen-bond donors (Lipinski definition) is 1. The van der Waals surface area contributed by atoms with Gasteiger partial charge in [-0.2, -0.15) is 0 Å². The van der Waals surface area contributed by atoms with Crippen LogP contribution in [0.5, 0.6) is 0 Å². The van der Waals surface area contributed by atoms with Gasteiger partial charge in [0.2, 0.25) is 11.8 Å². The standard InChI is InChI=1S/C16H26N2O2/c1-10(2)9-12-13(16(12,3)4)15(20)18-7-5-11(6-8-18)14(17)19/h9,11-13H,5-8H2,1-4H3,(H2,17,19)/t12-,13-/m1/s1. The Morgan fingerprint density at radius 3 is 2.20 bits per heavy atom. The minimum Gasteiger partial charge on any atom is -0.369 e. The average molecular weight is 278 g/mol. The Morgan fingerprint density at radius 2 is 1.75 bits per heavy atom. The molecule has 1 aliphatic carbocycles. The lowest BCUT2D eigenvalue weighted by molar-refractivity contribution is -0.136. The molecule has 2 rings (SSSR count). The fraction of sp³-hybridized carbons (Fsp3) is 0.750. The summed E-state index contributed by atoms with van der Waals surface area (Å²) in [5.74, 6) is 0.419. The molecule has 4 heteroatoms. The SMILES string of the molecule is CC(C)=C[C@@H]1[C@H](C(=O)N2CCC(C(N)=O)CC2)C1(C)C. The molecule has 2 amide bonds. The van der Waals surface area contributed by atoms with Crippen molar-refractivity contribution in [1.29, 1.82) is 0 Å². The number of hydrogen-bond acceptors (Lipinski definition) is 2. The second-order valence-corrected chi connectivity index (χ2v) is 7.07. The Hall–Kier alpha value is -1.32. The molecular weight excluding hydrogens is 252 g/mol. The molecule has 0 bridgehead atoms. The molecule has 1 saturated carbocycles. The first-order chi connectivity index (χ1) is 9.25. The van der Waals surface area contributed by atoms with Crippen LogP contribution in [0.25, 0.3) is 0 Å². The van der Waals surface area contributed by atoms with E-state index >= 15 is 0 Å². The van der Waals surface area contributed by atoms with Gasteiger partial charge < -0.3 is 10.6 Å². The van der Waals surface area contributed by atoms with E-state index in [-0.39, 0.29) is 29.1 Å². The summed E-state index contributed by atoms with van der Waals surface area (Å²) in [7, 11) is 0. The third-order valence-electron chi connectivity index (χ3n) is 4.90. The van der Waals surface area contributed by atoms with Crippen LogP contribution in [-0.4, -0.2) is 29.8 Å². The first-order valence-electron chi connectivity index (χ1n) is 7.48. The van der Waals surface area contributed by atoms with Crippen molar-refractivity contribution in [2.75, 3.05) is 13.1 Å². The van der Waals surface area contributed by atoms with Crippen LogP contribution in [0.3, 0.4) is 0 Å². The van der Waals surface area contributed by atoms with Crippen molar-refractivity contribution in [2.45, 2.75) is 40.5 Å². The lowest BCUT2D eigenvalue weighted by Crippen LogP contribution is -2.43. The van der Waals surface area contributed by atoms with E-state index in [0.717, 1.165) is 0 Å². The lowest BCUT2D eigenvalue weighted by Gasteiger charge is -2.31. The van der Waals surface area contributed by atoms with Gasteiger partial charge in [-0.15, -0.1) is 0 Å². The van der Waals surface area contributed by atoms with E-state index in [1.165, 1.54) is 5.57 Å². The lowest BCUT2D eigenvalue weighted by atomic mass is 9.95. The number of piperidine rings is 1. The Balaban J connectivity index is 1.97. The van der Waals surface area contributed by atoms with Gasteiger partial charge in [-0.1, -0.05) is 25.5 Å². The Labute approximate surface area is 121 Å². The zero-order valence-electron chi connectivity index (χ0n) is 13.0. The smallest absolute Gasteiger partial charge is 0.226 e. The van der Waals surface area contributed by atoms with Crippen LogP contribution in [0.2, 0.25) is 0 Å². The van der Waals surface area contributed by atoms with E-state index < -0.39 is 0 Å². The monoisotopic (exact) mass is 278 g/mol. The number of carbonyl (C=O) groups is 2. The maximum atomic E-state index is 12.6. The van der Waals surface area contributed by atoms with Gasteiger partial charge in [-0.25, -0.2) is 0 Å². The minimum absolute atomic E-state index is 0.0557. The third-order valence-corrected chi connectivity index (χ3v) is 4.90. The van der Waals surface area contributed by atoms with Crippen LogP contribution < -0.4 is 5.73 Å². The Bertz CT molecular complexity index is 441. The minimum atomic E-state index is -0.230. The summed E-state index contributed by atoms with van der Waals surface area (Å²) >= 11 is 0. The van der Waals surface area contributed by atoms with E-state index in [1.807, 2.05) is 4.90 Å². The first kappa shape index (κ1) is 15.1. The van der Waals surface area contributed by atoms with Crippen LogP contribution in [0, 0.1) is 23.2 Å². The molecule has 0 spiro atoms. The second-order valence-electron chi connectivity index (χ2n) is 7.07. The first-order valence-corrected chi connectivity index (χ1v) is 7.48. The summed E-state index contributed by atoms with van der Waals surface area (Å²) in [6.07, 6.45) is 3.64. The summed E-state index contributed by atoms with van der Waals surface area (Å²) in [4.78, 5) is 25.7. The molecule has 20 heavy (non-hydrogen) atoms. The zero-order valence-corrected chi connectivity index (χ0v) is 13.0. The van der Waals surface area contributed by atoms with Crippen molar-refractivity contribution in [3.63, 3.8) is 0 Å². The molecule has 2 N–H and O–H groups in total. The van der Waals surface area contributed by atoms with E-state index in [9.17, 15) is 9.59 Å². The Morgan fingerprint density at radius 1 is 1.20 bits per heavy atom. The topological polar surface area (TPSA) is 63.4 Å². The van der Waals surface area contributed by atoms with E-state index in [4.69, 9.17) is 5.73 Å². The van der Waals surface area contributed by atoms with Crippen molar-refractivity contribution in [3.05, 3.63) is 11.6 Å². The fourth-order valence-electron chi connectivity index (χ4n) is 3.40. The molecule has 0 unspecified atom stereocenters. The second kappa shape index (κ2) is 5.23. The molecule has 1 aliphatic heterocycles. The van der Waals surface area contributed by atoms with Gasteiger partial charge in [-0.3, -0.25) is 9.59 Å². The molecule has 0 radical (unpaired) electrons. The molecule has 2 atom stereocenters. The van der Waals surface area contributed by atoms with Crippen molar-refractivity contribution in [1.82, 2.24) is 4.90 Å². The van der Waals surface area contributed by atoms with Crippen molar-refractivity contribution < 1.29 is 9.59 Å². The number of nitrogens with two attached hydrogens (primary N) is 1. The maximum Gasteiger partial charge on any atom is 0.226 e. The normalized spacial score (nSPS) is 28.9. The van der Waals surface area contributed by atoms with Crippen LogP contribution in [0.1, 0.15) is 40.5 Å². The number of primary amides is 1. The van der Waals surface area contributed by atoms with Crippen molar-refractivity contribution >= 4 is 11.8 Å². The van der Waals surface area contributed by atoms with Crippen molar-refractivity contribution in [3.8, 4) is 0 Å². The number of amides is 2. The molecule has 1 saturated heterocycles.